The molecule has 21 atom stereocenters. The predicted molar refractivity (Wildman–Crippen MR) is 187 cm³/mol. The van der Waals surface area contributed by atoms with Gasteiger partial charge in [-0.3, -0.25) is 0 Å². The first-order valence-corrected chi connectivity index (χ1v) is 19.8. The quantitative estimate of drug-likeness (QED) is 0.143. The molecule has 4 aliphatic carbocycles. The number of aliphatic hydroxyl groups excluding tert-OH is 9. The smallest absolute Gasteiger partial charge is 0.186 e. The van der Waals surface area contributed by atoms with E-state index in [9.17, 15) is 46.0 Å². The average molecular weight is 743 g/mol. The largest absolute Gasteiger partial charge is 0.394 e. The molecule has 3 saturated carbocycles. The molecule has 0 radical (unpaired) electrons. The fourth-order valence-electron chi connectivity index (χ4n) is 11.6. The van der Waals surface area contributed by atoms with Crippen molar-refractivity contribution in [3.8, 4) is 0 Å². The number of ether oxygens (including phenoxy) is 4. The first-order chi connectivity index (χ1) is 24.4. The van der Waals surface area contributed by atoms with Gasteiger partial charge in [0.2, 0.25) is 0 Å². The molecule has 300 valence electrons. The van der Waals surface area contributed by atoms with E-state index in [0.29, 0.717) is 31.6 Å². The summed E-state index contributed by atoms with van der Waals surface area (Å²) in [5, 5.41) is 96.3. The van der Waals surface area contributed by atoms with Crippen LogP contribution in [0.1, 0.15) is 92.9 Å². The van der Waals surface area contributed by atoms with Gasteiger partial charge in [-0.2, -0.15) is 0 Å². The van der Waals surface area contributed by atoms with Gasteiger partial charge in [-0.25, -0.2) is 0 Å². The minimum absolute atomic E-state index is 0.126. The minimum Gasteiger partial charge on any atom is -0.394 e. The molecule has 0 unspecified atom stereocenters. The van der Waals surface area contributed by atoms with Crippen molar-refractivity contribution in [3.05, 3.63) is 11.6 Å². The van der Waals surface area contributed by atoms with E-state index in [1.165, 1.54) is 0 Å². The summed E-state index contributed by atoms with van der Waals surface area (Å²) in [6.07, 6.45) is -7.68. The van der Waals surface area contributed by atoms with E-state index in [1.54, 1.807) is 6.92 Å². The lowest BCUT2D eigenvalue weighted by Gasteiger charge is -2.60. The van der Waals surface area contributed by atoms with Crippen molar-refractivity contribution in [1.29, 1.82) is 0 Å². The molecule has 0 aromatic rings. The van der Waals surface area contributed by atoms with Gasteiger partial charge >= 0.3 is 0 Å². The zero-order valence-electron chi connectivity index (χ0n) is 31.6. The van der Waals surface area contributed by atoms with Gasteiger partial charge in [-0.15, -0.1) is 0 Å². The Bertz CT molecular complexity index is 1250. The number of allylic oxidation sites excluding steroid dienone is 1. The number of fused-ring (bicyclic) bond motifs is 5. The molecule has 0 spiro atoms. The molecular formula is C39H66O13. The molecule has 0 aromatic carbocycles. The third-order valence-corrected chi connectivity index (χ3v) is 14.7. The highest BCUT2D eigenvalue weighted by atomic mass is 16.7. The molecule has 6 rings (SSSR count). The Morgan fingerprint density at radius 1 is 0.827 bits per heavy atom. The number of hydrogen-bond donors (Lipinski definition) is 9. The average Bonchev–Trinajstić information content (AvgIpc) is 3.40. The second kappa shape index (κ2) is 15.6. The summed E-state index contributed by atoms with van der Waals surface area (Å²) in [6, 6.07) is 0. The first kappa shape index (κ1) is 40.9. The third-order valence-electron chi connectivity index (χ3n) is 14.7. The SMILES string of the molecule is CC(C)CC[C@H](O)[C@@H](C)[C@H]1[C@@H](O[C@@H]2O[C@H](CO)[C@@H](O)[C@H](O)[C@H]2O)C[C@H]2[C@@H]3CC=C4C[C@@H](O)C[C@H](O[C@@H]5O[C@@H](C)[C@H](O)[C@@H](O)[C@H]5O)[C@]4(C)[C@H]3CC[C@]12C. The van der Waals surface area contributed by atoms with Crippen molar-refractivity contribution in [3.63, 3.8) is 0 Å². The van der Waals surface area contributed by atoms with Crippen LogP contribution in [0.3, 0.4) is 0 Å². The number of rotatable bonds is 10. The Kier molecular flexibility index (Phi) is 12.3. The third kappa shape index (κ3) is 7.07. The second-order valence-electron chi connectivity index (χ2n) is 18.1. The minimum atomic E-state index is -1.56. The van der Waals surface area contributed by atoms with Crippen molar-refractivity contribution in [2.24, 2.45) is 46.3 Å². The van der Waals surface area contributed by atoms with Crippen LogP contribution < -0.4 is 0 Å². The molecule has 9 N–H and O–H groups in total. The van der Waals surface area contributed by atoms with Gasteiger partial charge in [-0.1, -0.05) is 46.3 Å². The molecule has 2 aliphatic heterocycles. The lowest BCUT2D eigenvalue weighted by molar-refractivity contribution is -0.318. The van der Waals surface area contributed by atoms with Crippen molar-refractivity contribution in [1.82, 2.24) is 0 Å². The Balaban J connectivity index is 1.31. The molecule has 5 fully saturated rings. The molecule has 13 heteroatoms. The zero-order chi connectivity index (χ0) is 38.0. The summed E-state index contributed by atoms with van der Waals surface area (Å²) in [5.74, 6) is 0.552. The van der Waals surface area contributed by atoms with E-state index in [4.69, 9.17) is 18.9 Å². The van der Waals surface area contributed by atoms with Gasteiger partial charge < -0.3 is 64.9 Å². The lowest BCUT2D eigenvalue weighted by Crippen LogP contribution is -2.61. The van der Waals surface area contributed by atoms with E-state index in [0.717, 1.165) is 31.3 Å². The Hall–Kier alpha value is -0.780. The van der Waals surface area contributed by atoms with E-state index in [-0.39, 0.29) is 35.0 Å². The van der Waals surface area contributed by atoms with E-state index in [2.05, 4.69) is 40.7 Å². The van der Waals surface area contributed by atoms with Crippen LogP contribution in [0.4, 0.5) is 0 Å². The maximum Gasteiger partial charge on any atom is 0.186 e. The molecular weight excluding hydrogens is 676 g/mol. The highest BCUT2D eigenvalue weighted by Crippen LogP contribution is 2.68. The van der Waals surface area contributed by atoms with Crippen LogP contribution in [0.15, 0.2) is 11.6 Å². The summed E-state index contributed by atoms with van der Waals surface area (Å²) in [6.45, 7) is 11.9. The standard InChI is InChI=1S/C39H66O13/c1-17(2)7-10-25(42)18(3)29-26(50-37-35(48)33(46)31(44)27(16-40)51-37)15-24-22-9-8-20-13-21(41)14-28(39(20,6)23(22)11-12-38(24,29)5)52-36-34(47)32(45)30(43)19(4)49-36/h8,17-19,21-37,40-48H,7,9-16H2,1-6H3/t18-,19+,21-,22-,23+,24+,25+,26+,27-,28+,29+,30+,31-,32-,33+,34-,35-,36+,37-,38+,39+/m1/s1. The van der Waals surface area contributed by atoms with Gasteiger partial charge in [0.15, 0.2) is 12.6 Å². The van der Waals surface area contributed by atoms with Gasteiger partial charge in [-0.05, 0) is 92.8 Å². The van der Waals surface area contributed by atoms with Crippen LogP contribution in [-0.2, 0) is 18.9 Å². The fraction of sp³-hybridized carbons (Fsp3) is 0.949. The predicted octanol–water partition coefficient (Wildman–Crippen LogP) is 0.977. The summed E-state index contributed by atoms with van der Waals surface area (Å²) in [4.78, 5) is 0. The van der Waals surface area contributed by atoms with Crippen molar-refractivity contribution in [2.75, 3.05) is 6.61 Å². The molecule has 2 heterocycles. The maximum absolute atomic E-state index is 11.6. The topological polar surface area (TPSA) is 219 Å². The summed E-state index contributed by atoms with van der Waals surface area (Å²) in [7, 11) is 0. The van der Waals surface area contributed by atoms with Crippen molar-refractivity contribution >= 4 is 0 Å². The highest BCUT2D eigenvalue weighted by Gasteiger charge is 2.65. The van der Waals surface area contributed by atoms with Crippen molar-refractivity contribution < 1.29 is 64.9 Å². The van der Waals surface area contributed by atoms with E-state index >= 15 is 0 Å². The van der Waals surface area contributed by atoms with Crippen LogP contribution in [-0.4, -0.2) is 138 Å². The molecule has 0 aromatic heterocycles. The van der Waals surface area contributed by atoms with E-state index in [1.807, 2.05) is 0 Å². The second-order valence-corrected chi connectivity index (χ2v) is 18.1. The fourth-order valence-corrected chi connectivity index (χ4v) is 11.6. The van der Waals surface area contributed by atoms with Crippen molar-refractivity contribution in [2.45, 2.75) is 179 Å². The number of aliphatic hydroxyl groups is 9. The van der Waals surface area contributed by atoms with Gasteiger partial charge in [0, 0.05) is 11.8 Å². The van der Waals surface area contributed by atoms with Gasteiger partial charge in [0.1, 0.15) is 42.7 Å². The normalized spacial score (nSPS) is 52.0. The van der Waals surface area contributed by atoms with E-state index < -0.39 is 97.8 Å². The van der Waals surface area contributed by atoms with Crippen LogP contribution in [0.25, 0.3) is 0 Å². The molecule has 2 saturated heterocycles. The summed E-state index contributed by atoms with van der Waals surface area (Å²) < 4.78 is 24.9. The van der Waals surface area contributed by atoms with Crippen LogP contribution in [0.2, 0.25) is 0 Å². The molecule has 52 heavy (non-hydrogen) atoms. The summed E-state index contributed by atoms with van der Waals surface area (Å²) >= 11 is 0. The molecule has 6 aliphatic rings. The Morgan fingerprint density at radius 2 is 1.48 bits per heavy atom. The molecule has 0 bridgehead atoms. The Morgan fingerprint density at radius 3 is 2.13 bits per heavy atom. The van der Waals surface area contributed by atoms with Gasteiger partial charge in [0.05, 0.1) is 37.1 Å². The monoisotopic (exact) mass is 742 g/mol. The lowest BCUT2D eigenvalue weighted by atomic mass is 9.46. The van der Waals surface area contributed by atoms with Crippen LogP contribution >= 0.6 is 0 Å². The highest BCUT2D eigenvalue weighted by molar-refractivity contribution is 5.28. The molecule has 0 amide bonds. The maximum atomic E-state index is 11.6. The summed E-state index contributed by atoms with van der Waals surface area (Å²) in [5.41, 5.74) is 0.314. The first-order valence-electron chi connectivity index (χ1n) is 19.8. The van der Waals surface area contributed by atoms with Crippen LogP contribution in [0, 0.1) is 46.3 Å². The Labute approximate surface area is 307 Å². The number of hydrogen-bond acceptors (Lipinski definition) is 13. The van der Waals surface area contributed by atoms with Gasteiger partial charge in [0.25, 0.3) is 0 Å². The van der Waals surface area contributed by atoms with Crippen LogP contribution in [0.5, 0.6) is 0 Å². The zero-order valence-corrected chi connectivity index (χ0v) is 31.6. The molecule has 13 nitrogen and oxygen atoms in total.